The van der Waals surface area contributed by atoms with Crippen LogP contribution in [0.2, 0.25) is 0 Å². The highest BCUT2D eigenvalue weighted by Crippen LogP contribution is 2.66. The number of aliphatic hydroxyl groups is 1. The fraction of sp³-hybridized carbons (Fsp3) is 0.486. The van der Waals surface area contributed by atoms with Crippen molar-refractivity contribution < 1.29 is 90.8 Å². The summed E-state index contributed by atoms with van der Waals surface area (Å²) in [6, 6.07) is 24.9. The van der Waals surface area contributed by atoms with Gasteiger partial charge in [-0.15, -0.1) is 0 Å². The third-order valence-electron chi connectivity index (χ3n) is 15.6. The Kier molecular flexibility index (Phi) is 36.9. The Morgan fingerprint density at radius 3 is 1.49 bits per heavy atom. The number of esters is 7. The Balaban J connectivity index is 0.000000410. The van der Waals surface area contributed by atoms with E-state index in [0.29, 0.717) is 66.6 Å². The van der Waals surface area contributed by atoms with Crippen molar-refractivity contribution in [1.82, 2.24) is 0 Å². The van der Waals surface area contributed by atoms with Crippen LogP contribution in [0.15, 0.2) is 154 Å². The Morgan fingerprint density at radius 2 is 1.02 bits per heavy atom. The SMILES string of the molecule is C=C(C)C(=O)OC1CC2CCC1(C)C2(C)C.C=C(C)C(=O)OC1CCCCC1.C=CC(=O)OCC(O)COc1ccccc1.C=CC(=O)OCCCOc1ccc(C(C)(C)c2ccc(OCCOC(=O)C=C)cc2)cc1.C=CC(=O)OCCOCCOC(=O)CC. The number of para-hydroxylation sites is 1. The fourth-order valence-electron chi connectivity index (χ4n) is 9.59. The van der Waals surface area contributed by atoms with Gasteiger partial charge in [-0.25, -0.2) is 28.8 Å². The van der Waals surface area contributed by atoms with Crippen LogP contribution in [0.4, 0.5) is 0 Å². The van der Waals surface area contributed by atoms with Crippen LogP contribution in [-0.4, -0.2) is 131 Å². The molecule has 3 fully saturated rings. The first-order chi connectivity index (χ1) is 43.3. The summed E-state index contributed by atoms with van der Waals surface area (Å²) in [6.07, 6.45) is 14.0. The molecule has 6 rings (SSSR count). The van der Waals surface area contributed by atoms with Crippen molar-refractivity contribution in [3.8, 4) is 17.2 Å². The predicted octanol–water partition coefficient (Wildman–Crippen LogP) is 12.2. The number of carbonyl (C=O) groups excluding carboxylic acids is 7. The zero-order valence-corrected chi connectivity index (χ0v) is 54.8. The molecule has 3 aromatic carbocycles. The molecule has 3 saturated carbocycles. The quantitative estimate of drug-likeness (QED) is 0.0272. The molecular weight excluding hydrogens is 1170 g/mol. The number of hydrogen-bond donors (Lipinski definition) is 1. The van der Waals surface area contributed by atoms with Crippen molar-refractivity contribution in [3.05, 3.63) is 165 Å². The number of carbonyl (C=O) groups is 7. The van der Waals surface area contributed by atoms with Crippen molar-refractivity contribution in [1.29, 1.82) is 0 Å². The lowest BCUT2D eigenvalue weighted by molar-refractivity contribution is -0.152. The molecule has 91 heavy (non-hydrogen) atoms. The highest BCUT2D eigenvalue weighted by Gasteiger charge is 2.62. The van der Waals surface area contributed by atoms with Gasteiger partial charge in [0.05, 0.1) is 26.4 Å². The molecule has 3 aromatic rings. The van der Waals surface area contributed by atoms with Crippen molar-refractivity contribution in [2.45, 2.75) is 143 Å². The van der Waals surface area contributed by atoms with Crippen molar-refractivity contribution >= 4 is 41.8 Å². The fourth-order valence-corrected chi connectivity index (χ4v) is 9.59. The van der Waals surface area contributed by atoms with Gasteiger partial charge < -0.3 is 57.2 Å². The van der Waals surface area contributed by atoms with Crippen LogP contribution in [0, 0.1) is 16.7 Å². The number of hydrogen-bond acceptors (Lipinski definition) is 19. The van der Waals surface area contributed by atoms with Gasteiger partial charge in [-0.2, -0.15) is 0 Å². The van der Waals surface area contributed by atoms with Crippen molar-refractivity contribution in [2.24, 2.45) is 16.7 Å². The molecular formula is C72H98O19. The van der Waals surface area contributed by atoms with Crippen LogP contribution in [0.1, 0.15) is 131 Å². The second kappa shape index (κ2) is 42.7. The van der Waals surface area contributed by atoms with Gasteiger partial charge in [-0.1, -0.05) is 130 Å². The molecule has 4 unspecified atom stereocenters. The summed E-state index contributed by atoms with van der Waals surface area (Å²) < 4.78 is 56.3. The average Bonchev–Trinajstić information content (AvgIpc) is 1.58. The van der Waals surface area contributed by atoms with Crippen LogP contribution in [0.3, 0.4) is 0 Å². The number of fused-ring (bicyclic) bond motifs is 2. The lowest BCUT2D eigenvalue weighted by atomic mass is 9.70. The van der Waals surface area contributed by atoms with Gasteiger partial charge in [0.15, 0.2) is 0 Å². The minimum absolute atomic E-state index is 0.0778. The maximum Gasteiger partial charge on any atom is 0.333 e. The molecule has 0 radical (unpaired) electrons. The molecule has 1 N–H and O–H groups in total. The number of rotatable bonds is 31. The van der Waals surface area contributed by atoms with Crippen LogP contribution in [-0.2, 0) is 76.9 Å². The monoisotopic (exact) mass is 1270 g/mol. The van der Waals surface area contributed by atoms with E-state index in [2.05, 4.69) is 83.6 Å². The normalized spacial score (nSPS) is 16.8. The predicted molar refractivity (Wildman–Crippen MR) is 347 cm³/mol. The van der Waals surface area contributed by atoms with Gasteiger partial charge in [0.2, 0.25) is 0 Å². The summed E-state index contributed by atoms with van der Waals surface area (Å²) in [5, 5.41) is 9.42. The highest BCUT2D eigenvalue weighted by atomic mass is 16.6. The summed E-state index contributed by atoms with van der Waals surface area (Å²) in [4.78, 5) is 76.6. The summed E-state index contributed by atoms with van der Waals surface area (Å²) in [6.45, 7) is 38.9. The molecule has 19 nitrogen and oxygen atoms in total. The molecule has 0 spiro atoms. The van der Waals surface area contributed by atoms with E-state index in [1.807, 2.05) is 66.7 Å². The van der Waals surface area contributed by atoms with Gasteiger partial charge in [0.25, 0.3) is 0 Å². The smallest absolute Gasteiger partial charge is 0.333 e. The molecule has 0 amide bonds. The molecule has 0 heterocycles. The average molecular weight is 1270 g/mol. The third kappa shape index (κ3) is 29.9. The van der Waals surface area contributed by atoms with Crippen LogP contribution < -0.4 is 14.2 Å². The molecule has 3 aliphatic rings. The van der Waals surface area contributed by atoms with Gasteiger partial charge >= 0.3 is 41.8 Å². The summed E-state index contributed by atoms with van der Waals surface area (Å²) in [5.74, 6) is 0.212. The second-order valence-corrected chi connectivity index (χ2v) is 22.9. The molecule has 2 bridgehead atoms. The van der Waals surface area contributed by atoms with E-state index < -0.39 is 30.0 Å². The van der Waals surface area contributed by atoms with Gasteiger partial charge in [0, 0.05) is 59.1 Å². The van der Waals surface area contributed by atoms with E-state index in [4.69, 9.17) is 42.6 Å². The molecule has 0 aliphatic heterocycles. The first-order valence-corrected chi connectivity index (χ1v) is 30.7. The lowest BCUT2D eigenvalue weighted by Crippen LogP contribution is -2.38. The van der Waals surface area contributed by atoms with Crippen LogP contribution in [0.25, 0.3) is 0 Å². The molecule has 500 valence electrons. The topological polar surface area (TPSA) is 241 Å². The number of benzene rings is 3. The largest absolute Gasteiger partial charge is 0.493 e. The maximum absolute atomic E-state index is 11.6. The van der Waals surface area contributed by atoms with Crippen LogP contribution >= 0.6 is 0 Å². The zero-order chi connectivity index (χ0) is 67.8. The molecule has 19 heteroatoms. The molecule has 3 aliphatic carbocycles. The Labute approximate surface area is 538 Å². The highest BCUT2D eigenvalue weighted by molar-refractivity contribution is 5.87. The Morgan fingerprint density at radius 1 is 0.560 bits per heavy atom. The van der Waals surface area contributed by atoms with E-state index >= 15 is 0 Å². The number of ether oxygens (including phenoxy) is 11. The van der Waals surface area contributed by atoms with Gasteiger partial charge in [-0.05, 0) is 118 Å². The molecule has 0 aromatic heterocycles. The van der Waals surface area contributed by atoms with E-state index in [1.165, 1.54) is 32.1 Å². The maximum atomic E-state index is 11.6. The third-order valence-corrected chi connectivity index (χ3v) is 15.6. The molecule has 4 atom stereocenters. The number of aliphatic hydroxyl groups excluding tert-OH is 1. The standard InChI is InChI=1S/C26H30O6.C14H22O2.C12H14O4.C10H16O5.C10H16O2/c1-5-24(27)31-17-7-16-29-22-12-8-20(9-13-22)26(3,4)21-10-14-23(15-11-21)30-18-19-32-25(28)6-2;1-9(2)12(15)16-11-8-10-6-7-14(11,5)13(10,3)4;1-2-12(14)16-9-10(13)8-15-11-6-4-3-5-7-11;1-3-9(11)14-7-5-13-6-8-15-10(12)4-2;1-8(2)10(11)12-9-6-4-3-5-7-9/h5-6,8-15H,1-2,7,16-19H2,3-4H3;10-11H,1,6-8H2,2-5H3;2-7,10,13H,1,8-9H2;3H,1,4-8H2,2H3;9H,1,3-7H2,2H3. The Bertz CT molecular complexity index is 2780. The first kappa shape index (κ1) is 78.8. The summed E-state index contributed by atoms with van der Waals surface area (Å²) in [5.41, 5.74) is 3.53. The minimum Gasteiger partial charge on any atom is -0.493 e. The van der Waals surface area contributed by atoms with Gasteiger partial charge in [0.1, 0.15) is 75.2 Å². The first-order valence-electron chi connectivity index (χ1n) is 30.7. The van der Waals surface area contributed by atoms with E-state index in [-0.39, 0.29) is 87.2 Å². The van der Waals surface area contributed by atoms with Crippen LogP contribution in [0.5, 0.6) is 17.2 Å². The second-order valence-electron chi connectivity index (χ2n) is 22.9. The van der Waals surface area contributed by atoms with Gasteiger partial charge in [-0.3, -0.25) is 4.79 Å². The summed E-state index contributed by atoms with van der Waals surface area (Å²) in [7, 11) is 0. The lowest BCUT2D eigenvalue weighted by Gasteiger charge is -2.38. The van der Waals surface area contributed by atoms with E-state index in [1.54, 1.807) is 32.9 Å². The van der Waals surface area contributed by atoms with E-state index in [0.717, 1.165) is 60.4 Å². The minimum atomic E-state index is -0.843. The van der Waals surface area contributed by atoms with Crippen molar-refractivity contribution in [3.63, 3.8) is 0 Å². The summed E-state index contributed by atoms with van der Waals surface area (Å²) >= 11 is 0. The van der Waals surface area contributed by atoms with Crippen molar-refractivity contribution in [2.75, 3.05) is 66.1 Å². The van der Waals surface area contributed by atoms with E-state index in [9.17, 15) is 38.7 Å². The zero-order valence-electron chi connectivity index (χ0n) is 54.8. The Hall–Kier alpha value is -8.29. The molecule has 0 saturated heterocycles.